The van der Waals surface area contributed by atoms with Gasteiger partial charge in [0.25, 0.3) is 0 Å². The quantitative estimate of drug-likeness (QED) is 0.0181. The van der Waals surface area contributed by atoms with Crippen LogP contribution in [-0.2, 0) is 44.6 Å². The maximum absolute atomic E-state index is 16.2. The van der Waals surface area contributed by atoms with Crippen LogP contribution in [0.3, 0.4) is 0 Å². The number of nitrogens with one attached hydrogen (secondary N) is 7. The monoisotopic (exact) mass is 1560 g/mol. The molecule has 0 heterocycles. The van der Waals surface area contributed by atoms with Crippen molar-refractivity contribution in [2.24, 2.45) is 5.92 Å². The number of hydrogen-bond acceptors (Lipinski definition) is 15. The summed E-state index contributed by atoms with van der Waals surface area (Å²) in [5, 5.41) is 22.2. The van der Waals surface area contributed by atoms with Crippen LogP contribution in [-0.4, -0.2) is 135 Å². The predicted octanol–water partition coefficient (Wildman–Crippen LogP) is 21.8. The first kappa shape index (κ1) is 102. The summed E-state index contributed by atoms with van der Waals surface area (Å²) in [4.78, 5) is 117. The second-order valence-electron chi connectivity index (χ2n) is 37.0. The van der Waals surface area contributed by atoms with Gasteiger partial charge in [0, 0.05) is 31.5 Å². The summed E-state index contributed by atoms with van der Waals surface area (Å²) >= 11 is 0. The van der Waals surface area contributed by atoms with Crippen molar-refractivity contribution in [2.45, 2.75) is 453 Å². The third-order valence-electron chi connectivity index (χ3n) is 19.7. The van der Waals surface area contributed by atoms with Crippen LogP contribution in [0.1, 0.15) is 384 Å². The van der Waals surface area contributed by atoms with Gasteiger partial charge in [-0.05, 0) is 202 Å². The molecule has 23 nitrogen and oxygen atoms in total. The number of ether oxygens (including phenoxy) is 7. The van der Waals surface area contributed by atoms with Crippen molar-refractivity contribution in [1.82, 2.24) is 42.1 Å². The molecule has 1 aromatic rings. The van der Waals surface area contributed by atoms with E-state index in [-0.39, 0.29) is 56.8 Å². The molecule has 0 bridgehead atoms. The molecule has 8 amide bonds. The zero-order chi connectivity index (χ0) is 83.7. The lowest BCUT2D eigenvalue weighted by atomic mass is 9.61. The van der Waals surface area contributed by atoms with Crippen LogP contribution < -0.4 is 37.2 Å². The van der Waals surface area contributed by atoms with Gasteiger partial charge in [0.2, 0.25) is 5.91 Å². The summed E-state index contributed by atoms with van der Waals surface area (Å²) in [7, 11) is 0. The number of hydrogen-bond donors (Lipinski definition) is 7. The summed E-state index contributed by atoms with van der Waals surface area (Å²) in [6, 6.07) is 8.69. The number of rotatable bonds is 50. The normalized spacial score (nSPS) is 15.2. The number of carbonyl (C=O) groups excluding carboxylic acids is 8. The van der Waals surface area contributed by atoms with Crippen LogP contribution in [0.5, 0.6) is 0 Å². The lowest BCUT2D eigenvalue weighted by Crippen LogP contribution is -2.82. The van der Waals surface area contributed by atoms with Crippen molar-refractivity contribution in [3.8, 4) is 0 Å². The molecule has 7 unspecified atom stereocenters. The van der Waals surface area contributed by atoms with Crippen molar-refractivity contribution in [3.05, 3.63) is 35.9 Å². The van der Waals surface area contributed by atoms with Crippen molar-refractivity contribution in [2.75, 3.05) is 13.1 Å². The fourth-order valence-electron chi connectivity index (χ4n) is 14.3. The average Bonchev–Trinajstić information content (AvgIpc) is 0.723. The Kier molecular flexibility index (Phi) is 45.5. The summed E-state index contributed by atoms with van der Waals surface area (Å²) in [5.74, 6) is -1.06. The molecule has 0 radical (unpaired) electrons. The largest absolute Gasteiger partial charge is 0.445 e. The Hall–Kier alpha value is -6.42. The Bertz CT molecular complexity index is 2820. The molecule has 1 rings (SSSR count). The van der Waals surface area contributed by atoms with Gasteiger partial charge in [-0.15, -0.1) is 0 Å². The SMILES string of the molecule is CCCC(NC(=O)OC(C)(C)C)C(NC(=O)OC(C)(C)C)(C(CCCCCCNC(=O)CCCCCCCCCCCCCCCCCCCCCC(C)NC(=O)OCc1ccccc1)CN(C(=O)OC(C)(C)C)C(CCC)(NC(=O)OC(C)(C)C)C(C)(CC)NC(=O)OC(C)(C)C)C(C)(CC)NC(=O)OC(C)(C)C. The average molecular weight is 1560 g/mol. The van der Waals surface area contributed by atoms with Crippen molar-refractivity contribution < 1.29 is 71.5 Å². The lowest BCUT2D eigenvalue weighted by Gasteiger charge is -2.59. The molecule has 0 spiro atoms. The van der Waals surface area contributed by atoms with Crippen LogP contribution in [0.2, 0.25) is 0 Å². The summed E-state index contributed by atoms with van der Waals surface area (Å²) in [5.41, 5.74) is -12.4. The molecule has 0 saturated carbocycles. The van der Waals surface area contributed by atoms with Gasteiger partial charge in [0.1, 0.15) is 45.9 Å². The van der Waals surface area contributed by atoms with Gasteiger partial charge < -0.3 is 65.1 Å². The first-order chi connectivity index (χ1) is 51.0. The van der Waals surface area contributed by atoms with Gasteiger partial charge in [-0.1, -0.05) is 206 Å². The minimum atomic E-state index is -1.97. The zero-order valence-corrected chi connectivity index (χ0v) is 73.9. The van der Waals surface area contributed by atoms with E-state index >= 15 is 9.59 Å². The molecule has 7 N–H and O–H groups in total. The highest BCUT2D eigenvalue weighted by molar-refractivity contribution is 5.77. The number of amides is 8. The highest BCUT2D eigenvalue weighted by Gasteiger charge is 2.63. The second kappa shape index (κ2) is 49.3. The van der Waals surface area contributed by atoms with E-state index in [9.17, 15) is 28.8 Å². The molecule has 1 aromatic carbocycles. The maximum atomic E-state index is 16.2. The topological polar surface area (TPSA) is 289 Å². The van der Waals surface area contributed by atoms with Crippen molar-refractivity contribution in [1.29, 1.82) is 0 Å². The summed E-state index contributed by atoms with van der Waals surface area (Å²) in [6.07, 6.45) is 22.6. The van der Waals surface area contributed by atoms with E-state index in [1.165, 1.54) is 101 Å². The lowest BCUT2D eigenvalue weighted by molar-refractivity contribution is -0.121. The van der Waals surface area contributed by atoms with Gasteiger partial charge in [-0.25, -0.2) is 33.6 Å². The molecule has 110 heavy (non-hydrogen) atoms. The van der Waals surface area contributed by atoms with Gasteiger partial charge in [-0.3, -0.25) is 15.0 Å². The van der Waals surface area contributed by atoms with Crippen molar-refractivity contribution >= 4 is 48.6 Å². The van der Waals surface area contributed by atoms with Crippen LogP contribution >= 0.6 is 0 Å². The van der Waals surface area contributed by atoms with E-state index in [1.54, 1.807) is 138 Å². The number of unbranched alkanes of at least 4 members (excludes halogenated alkanes) is 21. The molecular weight excluding hydrogens is 1400 g/mol. The molecule has 0 aromatic heterocycles. The smallest absolute Gasteiger partial charge is 0.412 e. The molecule has 0 aliphatic rings. The van der Waals surface area contributed by atoms with Crippen LogP contribution in [0.15, 0.2) is 30.3 Å². The highest BCUT2D eigenvalue weighted by atomic mass is 16.6. The maximum Gasteiger partial charge on any atom is 0.412 e. The van der Waals surface area contributed by atoms with Crippen molar-refractivity contribution in [3.63, 3.8) is 0 Å². The Labute approximate surface area is 667 Å². The Morgan fingerprint density at radius 1 is 0.391 bits per heavy atom. The van der Waals surface area contributed by atoms with E-state index in [2.05, 4.69) is 37.2 Å². The second-order valence-corrected chi connectivity index (χ2v) is 37.0. The van der Waals surface area contributed by atoms with E-state index in [1.807, 2.05) is 65.0 Å². The van der Waals surface area contributed by atoms with Crippen LogP contribution in [0, 0.1) is 5.92 Å². The third-order valence-corrected chi connectivity index (χ3v) is 19.7. The van der Waals surface area contributed by atoms with Crippen LogP contribution in [0.4, 0.5) is 33.6 Å². The molecule has 638 valence electrons. The first-order valence-corrected chi connectivity index (χ1v) is 42.3. The summed E-state index contributed by atoms with van der Waals surface area (Å²) in [6.45, 7) is 44.5. The summed E-state index contributed by atoms with van der Waals surface area (Å²) < 4.78 is 42.2. The molecule has 23 heteroatoms. The molecule has 0 fully saturated rings. The standard InChI is InChI=1S/C87H160N8O15/c1-26-56-69(90-72(98)105-78(6,7)8)87(94-76(102)109-82(18,19)20,85(25,29-4)92-74(100)107-80(12,13)14)68(64-95(77(103)110-83(21,22)23)86(62-27-2,93-75(101)108-81(15,16)17)84(24,28-3)91-73(99)106-79(9,10)11)60-53-47-48-55-63-88-70(96)61-54-46-44-42-40-38-36-34-32-30-31-33-35-37-39-41-43-45-50-57-66(5)89-71(97)104-65-67-58-51-49-52-59-67/h49,51-52,58-59,66,68-69H,26-48,50,53-57,60-65H2,1-25H3,(H,88,96)(H,89,97)(H,90,98)(H,91,99)(H,92,100)(H,93,101)(H,94,102). The van der Waals surface area contributed by atoms with E-state index in [4.69, 9.17) is 33.2 Å². The van der Waals surface area contributed by atoms with E-state index < -0.39 is 111 Å². The zero-order valence-electron chi connectivity index (χ0n) is 73.9. The fourth-order valence-corrected chi connectivity index (χ4v) is 14.3. The fraction of sp³-hybridized carbons (Fsp3) is 0.839. The molecule has 0 saturated heterocycles. The predicted molar refractivity (Wildman–Crippen MR) is 442 cm³/mol. The number of nitrogens with zero attached hydrogens (tertiary/aromatic N) is 1. The van der Waals surface area contributed by atoms with Crippen LogP contribution in [0.25, 0.3) is 0 Å². The van der Waals surface area contributed by atoms with E-state index in [0.29, 0.717) is 51.5 Å². The molecular formula is C87H160N8O15. The minimum absolute atomic E-state index is 0.0141. The number of alkyl carbamates (subject to hydrolysis) is 6. The third kappa shape index (κ3) is 42.5. The minimum Gasteiger partial charge on any atom is -0.445 e. The highest BCUT2D eigenvalue weighted by Crippen LogP contribution is 2.45. The van der Waals surface area contributed by atoms with Gasteiger partial charge >= 0.3 is 42.7 Å². The van der Waals surface area contributed by atoms with E-state index in [0.717, 1.165) is 37.7 Å². The molecule has 7 atom stereocenters. The Morgan fingerprint density at radius 3 is 1.19 bits per heavy atom. The number of carbonyl (C=O) groups is 8. The van der Waals surface area contributed by atoms with Gasteiger partial charge in [0.15, 0.2) is 0 Å². The number of benzene rings is 1. The Balaban J connectivity index is 3.53. The first-order valence-electron chi connectivity index (χ1n) is 42.3. The van der Waals surface area contributed by atoms with Gasteiger partial charge in [0.05, 0.1) is 22.7 Å². The molecule has 0 aliphatic carbocycles. The van der Waals surface area contributed by atoms with Gasteiger partial charge in [-0.2, -0.15) is 0 Å². The Morgan fingerprint density at radius 2 is 0.773 bits per heavy atom. The molecule has 0 aliphatic heterocycles.